The second-order valence-electron chi connectivity index (χ2n) is 8.36. The molecule has 0 spiro atoms. The van der Waals surface area contributed by atoms with Crippen molar-refractivity contribution in [2.45, 2.75) is 32.3 Å². The number of carbonyl (C=O) groups is 1. The van der Waals surface area contributed by atoms with Gasteiger partial charge in [0.25, 0.3) is 0 Å². The van der Waals surface area contributed by atoms with Gasteiger partial charge in [0.2, 0.25) is 5.78 Å². The van der Waals surface area contributed by atoms with Crippen LogP contribution in [0.3, 0.4) is 0 Å². The summed E-state index contributed by atoms with van der Waals surface area (Å²) >= 11 is 0. The van der Waals surface area contributed by atoms with Crippen LogP contribution in [0.4, 0.5) is 0 Å². The highest BCUT2D eigenvalue weighted by atomic mass is 16.5. The number of carbonyl (C=O) groups excluding carboxylic acids is 1. The van der Waals surface area contributed by atoms with E-state index in [4.69, 9.17) is 14.2 Å². The van der Waals surface area contributed by atoms with E-state index < -0.39 is 0 Å². The predicted molar refractivity (Wildman–Crippen MR) is 117 cm³/mol. The predicted octanol–water partition coefficient (Wildman–Crippen LogP) is 5.90. The lowest BCUT2D eigenvalue weighted by Gasteiger charge is -2.33. The molecule has 1 N–H and O–H groups in total. The molecule has 2 aliphatic heterocycles. The molecular weight excluding hydrogens is 392 g/mol. The number of Topliss-reactive ketones (excluding diaryl/α,β-unsaturated/α-hetero) is 1. The van der Waals surface area contributed by atoms with Crippen LogP contribution < -0.4 is 14.2 Å². The van der Waals surface area contributed by atoms with Crippen LogP contribution in [0.2, 0.25) is 0 Å². The lowest BCUT2D eigenvalue weighted by molar-refractivity contribution is 0.0834. The number of fused-ring (bicyclic) bond motifs is 2. The summed E-state index contributed by atoms with van der Waals surface area (Å²) in [5.41, 5.74) is 1.29. The highest BCUT2D eigenvalue weighted by molar-refractivity contribution is 6.16. The van der Waals surface area contributed by atoms with Crippen molar-refractivity contribution in [3.05, 3.63) is 83.1 Å². The van der Waals surface area contributed by atoms with E-state index in [9.17, 15) is 9.90 Å². The molecule has 0 fully saturated rings. The Morgan fingerprint density at radius 2 is 1.77 bits per heavy atom. The standard InChI is InChI=1S/C26H22O5/c1-26(2)12-11-19-20(31-26)15-21-23(24(19)27)25(28)22(30-21)14-16-7-6-10-18(13-16)29-17-8-4-3-5-9-17/h3-10,13-15,27H,11-12H2,1-2H3. The Morgan fingerprint density at radius 3 is 2.58 bits per heavy atom. The van der Waals surface area contributed by atoms with E-state index >= 15 is 0 Å². The van der Waals surface area contributed by atoms with Gasteiger partial charge in [0.15, 0.2) is 5.76 Å². The molecule has 2 aliphatic rings. The van der Waals surface area contributed by atoms with E-state index in [1.165, 1.54) is 0 Å². The molecule has 0 amide bonds. The molecule has 0 aliphatic carbocycles. The molecule has 5 heteroatoms. The number of phenols is 1. The average Bonchev–Trinajstić information content (AvgIpc) is 3.03. The van der Waals surface area contributed by atoms with Crippen LogP contribution in [0.5, 0.6) is 28.7 Å². The molecule has 0 aromatic heterocycles. The molecule has 0 bridgehead atoms. The summed E-state index contributed by atoms with van der Waals surface area (Å²) in [5, 5.41) is 10.8. The minimum Gasteiger partial charge on any atom is -0.507 e. The van der Waals surface area contributed by atoms with E-state index in [0.717, 1.165) is 17.7 Å². The number of aromatic hydroxyl groups is 1. The summed E-state index contributed by atoms with van der Waals surface area (Å²) in [6.45, 7) is 4.00. The second kappa shape index (κ2) is 7.20. The summed E-state index contributed by atoms with van der Waals surface area (Å²) < 4.78 is 17.7. The molecule has 0 atom stereocenters. The van der Waals surface area contributed by atoms with Crippen molar-refractivity contribution in [2.24, 2.45) is 0 Å². The van der Waals surface area contributed by atoms with Crippen molar-refractivity contribution < 1.29 is 24.1 Å². The van der Waals surface area contributed by atoms with Crippen LogP contribution >= 0.6 is 0 Å². The monoisotopic (exact) mass is 414 g/mol. The SMILES string of the molecule is CC1(C)CCc2c(cc3c(c2O)C(=O)C(=Cc2cccc(Oc4ccccc4)c2)O3)O1. The van der Waals surface area contributed by atoms with Gasteiger partial charge < -0.3 is 19.3 Å². The maximum Gasteiger partial charge on any atom is 0.235 e. The first-order chi connectivity index (χ1) is 14.9. The van der Waals surface area contributed by atoms with Gasteiger partial charge in [0.1, 0.15) is 39.9 Å². The van der Waals surface area contributed by atoms with Crippen LogP contribution in [-0.4, -0.2) is 16.5 Å². The molecule has 5 rings (SSSR count). The number of allylic oxidation sites excluding steroid dienone is 1. The van der Waals surface area contributed by atoms with Gasteiger partial charge in [0.05, 0.1) is 0 Å². The zero-order chi connectivity index (χ0) is 21.6. The number of ketones is 1. The zero-order valence-corrected chi connectivity index (χ0v) is 17.3. The maximum atomic E-state index is 13.0. The highest BCUT2D eigenvalue weighted by Gasteiger charge is 2.37. The van der Waals surface area contributed by atoms with Crippen molar-refractivity contribution in [3.8, 4) is 28.7 Å². The smallest absolute Gasteiger partial charge is 0.235 e. The average molecular weight is 414 g/mol. The normalized spacial score (nSPS) is 17.5. The molecule has 0 unspecified atom stereocenters. The largest absolute Gasteiger partial charge is 0.507 e. The summed E-state index contributed by atoms with van der Waals surface area (Å²) in [5.74, 6) is 2.04. The Morgan fingerprint density at radius 1 is 1.00 bits per heavy atom. The van der Waals surface area contributed by atoms with E-state index in [1.54, 1.807) is 12.1 Å². The van der Waals surface area contributed by atoms with Crippen LogP contribution in [-0.2, 0) is 6.42 Å². The van der Waals surface area contributed by atoms with Gasteiger partial charge >= 0.3 is 0 Å². The van der Waals surface area contributed by atoms with Crippen molar-refractivity contribution in [3.63, 3.8) is 0 Å². The third-order valence-electron chi connectivity index (χ3n) is 5.50. The topological polar surface area (TPSA) is 65.0 Å². The fourth-order valence-electron chi connectivity index (χ4n) is 3.90. The van der Waals surface area contributed by atoms with Gasteiger partial charge in [-0.25, -0.2) is 0 Å². The molecule has 0 saturated heterocycles. The number of ether oxygens (including phenoxy) is 3. The number of benzene rings is 3. The van der Waals surface area contributed by atoms with Crippen LogP contribution in [0, 0.1) is 0 Å². The molecule has 3 aromatic rings. The molecule has 5 nitrogen and oxygen atoms in total. The number of para-hydroxylation sites is 1. The minimum atomic E-state index is -0.338. The second-order valence-corrected chi connectivity index (χ2v) is 8.36. The van der Waals surface area contributed by atoms with Crippen molar-refractivity contribution in [1.29, 1.82) is 0 Å². The fraction of sp³-hybridized carbons (Fsp3) is 0.192. The fourth-order valence-corrected chi connectivity index (χ4v) is 3.90. The summed E-state index contributed by atoms with van der Waals surface area (Å²) in [6, 6.07) is 18.6. The van der Waals surface area contributed by atoms with Gasteiger partial charge in [0, 0.05) is 11.6 Å². The van der Waals surface area contributed by atoms with E-state index in [-0.39, 0.29) is 28.5 Å². The molecule has 2 heterocycles. The van der Waals surface area contributed by atoms with E-state index in [1.807, 2.05) is 68.4 Å². The maximum absolute atomic E-state index is 13.0. The molecule has 0 saturated carbocycles. The highest BCUT2D eigenvalue weighted by Crippen LogP contribution is 2.48. The van der Waals surface area contributed by atoms with Crippen LogP contribution in [0.1, 0.15) is 41.8 Å². The summed E-state index contributed by atoms with van der Waals surface area (Å²) in [4.78, 5) is 13.0. The molecule has 156 valence electrons. The lowest BCUT2D eigenvalue weighted by Crippen LogP contribution is -2.32. The molecule has 31 heavy (non-hydrogen) atoms. The third-order valence-corrected chi connectivity index (χ3v) is 5.50. The Bertz CT molecular complexity index is 1210. The molecular formula is C26H22O5. The van der Waals surface area contributed by atoms with E-state index in [2.05, 4.69) is 0 Å². The van der Waals surface area contributed by atoms with Gasteiger partial charge in [-0.1, -0.05) is 30.3 Å². The van der Waals surface area contributed by atoms with Crippen LogP contribution in [0.25, 0.3) is 6.08 Å². The number of rotatable bonds is 3. The van der Waals surface area contributed by atoms with Gasteiger partial charge in [-0.05, 0) is 62.6 Å². The summed E-state index contributed by atoms with van der Waals surface area (Å²) in [7, 11) is 0. The van der Waals surface area contributed by atoms with E-state index in [0.29, 0.717) is 29.2 Å². The molecule has 3 aromatic carbocycles. The van der Waals surface area contributed by atoms with Crippen molar-refractivity contribution >= 4 is 11.9 Å². The van der Waals surface area contributed by atoms with Crippen molar-refractivity contribution in [1.82, 2.24) is 0 Å². The Labute approximate surface area is 180 Å². The van der Waals surface area contributed by atoms with Crippen LogP contribution in [0.15, 0.2) is 66.4 Å². The first-order valence-electron chi connectivity index (χ1n) is 10.2. The Kier molecular flexibility index (Phi) is 4.47. The van der Waals surface area contributed by atoms with Gasteiger partial charge in [-0.3, -0.25) is 4.79 Å². The Hall–Kier alpha value is -3.73. The minimum absolute atomic E-state index is 0.0439. The Balaban J connectivity index is 1.45. The summed E-state index contributed by atoms with van der Waals surface area (Å²) in [6.07, 6.45) is 3.06. The first kappa shape index (κ1) is 19.2. The number of hydrogen-bond acceptors (Lipinski definition) is 5. The molecule has 0 radical (unpaired) electrons. The third kappa shape index (κ3) is 3.63. The van der Waals surface area contributed by atoms with Gasteiger partial charge in [-0.2, -0.15) is 0 Å². The number of phenolic OH excluding ortho intramolecular Hbond substituents is 1. The van der Waals surface area contributed by atoms with Gasteiger partial charge in [-0.15, -0.1) is 0 Å². The quantitative estimate of drug-likeness (QED) is 0.540. The van der Waals surface area contributed by atoms with Crippen molar-refractivity contribution in [2.75, 3.05) is 0 Å². The lowest BCUT2D eigenvalue weighted by atomic mass is 9.91. The zero-order valence-electron chi connectivity index (χ0n) is 17.3. The first-order valence-corrected chi connectivity index (χ1v) is 10.2. The number of hydrogen-bond donors (Lipinski definition) is 1.